The van der Waals surface area contributed by atoms with Gasteiger partial charge in [-0.05, 0) is 82.3 Å². The van der Waals surface area contributed by atoms with Crippen LogP contribution in [0.5, 0.6) is 0 Å². The molecule has 0 radical (unpaired) electrons. The zero-order valence-corrected chi connectivity index (χ0v) is 25.1. The van der Waals surface area contributed by atoms with Gasteiger partial charge >= 0.3 is 0 Å². The van der Waals surface area contributed by atoms with Gasteiger partial charge in [-0.3, -0.25) is 13.9 Å². The first-order valence-corrected chi connectivity index (χ1v) is 17.7. The van der Waals surface area contributed by atoms with Gasteiger partial charge in [0.15, 0.2) is 9.84 Å². The summed E-state index contributed by atoms with van der Waals surface area (Å²) in [4.78, 5) is 26.9. The Kier molecular flexibility index (Phi) is 7.36. The summed E-state index contributed by atoms with van der Waals surface area (Å²) in [6.07, 6.45) is 9.71. The van der Waals surface area contributed by atoms with Crippen molar-refractivity contribution in [2.45, 2.75) is 79.9 Å². The van der Waals surface area contributed by atoms with Gasteiger partial charge in [0.1, 0.15) is 5.82 Å². The monoisotopic (exact) mass is 603 g/mol. The third-order valence-corrected chi connectivity index (χ3v) is 11.9. The van der Waals surface area contributed by atoms with E-state index in [-0.39, 0.29) is 23.5 Å². The van der Waals surface area contributed by atoms with E-state index in [2.05, 4.69) is 10.3 Å². The molecule has 6 rings (SSSR count). The van der Waals surface area contributed by atoms with Gasteiger partial charge in [0.2, 0.25) is 11.9 Å². The summed E-state index contributed by atoms with van der Waals surface area (Å²) >= 11 is 0. The summed E-state index contributed by atoms with van der Waals surface area (Å²) in [5, 5.41) is 2.75. The number of benzene rings is 1. The van der Waals surface area contributed by atoms with Crippen molar-refractivity contribution < 1.29 is 25.8 Å². The normalized spacial score (nSPS) is 21.5. The van der Waals surface area contributed by atoms with Crippen molar-refractivity contribution in [1.82, 2.24) is 14.9 Å². The van der Waals surface area contributed by atoms with Crippen molar-refractivity contribution >= 4 is 43.3 Å². The Bertz CT molecular complexity index is 1560. The van der Waals surface area contributed by atoms with Gasteiger partial charge < -0.3 is 10.2 Å². The van der Waals surface area contributed by atoms with Gasteiger partial charge in [-0.15, -0.1) is 0 Å². The zero-order valence-electron chi connectivity index (χ0n) is 23.5. The summed E-state index contributed by atoms with van der Waals surface area (Å²) in [6, 6.07) is 5.25. The number of anilines is 3. The number of carbonyl (C=O) groups is 1. The van der Waals surface area contributed by atoms with Crippen molar-refractivity contribution in [3.05, 3.63) is 35.5 Å². The predicted molar refractivity (Wildman–Crippen MR) is 155 cm³/mol. The fourth-order valence-electron chi connectivity index (χ4n) is 6.53. The van der Waals surface area contributed by atoms with Crippen LogP contribution >= 0.6 is 0 Å². The molecular formula is C28H37N5O6S2. The largest absolute Gasteiger partial charge is 0.324 e. The Morgan fingerprint density at radius 3 is 2.41 bits per heavy atom. The SMILES string of the molecule is Cc1cc(S(=O)(=O)C2CCN(CCOS(C)(=O)=O)CC2)ccc1Nc1ncc2c(n1)N(C1CCCC1)C(=O)C21CC1. The minimum absolute atomic E-state index is 0.0631. The smallest absolute Gasteiger partial charge is 0.264 e. The Balaban J connectivity index is 1.14. The Morgan fingerprint density at radius 1 is 1.07 bits per heavy atom. The number of carbonyl (C=O) groups excluding carboxylic acids is 1. The first-order chi connectivity index (χ1) is 19.5. The molecule has 0 atom stereocenters. The number of nitrogens with zero attached hydrogens (tertiary/aromatic N) is 4. The van der Waals surface area contributed by atoms with Crippen LogP contribution in [0.1, 0.15) is 62.5 Å². The van der Waals surface area contributed by atoms with E-state index in [1.54, 1.807) is 24.4 Å². The van der Waals surface area contributed by atoms with E-state index in [1.165, 1.54) is 0 Å². The van der Waals surface area contributed by atoms with E-state index in [0.717, 1.165) is 61.7 Å². The van der Waals surface area contributed by atoms with Crippen LogP contribution in [0, 0.1) is 6.92 Å². The molecule has 1 saturated heterocycles. The molecular weight excluding hydrogens is 566 g/mol. The number of fused-ring (bicyclic) bond motifs is 2. The van der Waals surface area contributed by atoms with Crippen molar-refractivity contribution in [3.63, 3.8) is 0 Å². The highest BCUT2D eigenvalue weighted by atomic mass is 32.2. The molecule has 1 aromatic carbocycles. The minimum atomic E-state index is -3.54. The predicted octanol–water partition coefficient (Wildman–Crippen LogP) is 3.06. The third kappa shape index (κ3) is 5.49. The second kappa shape index (κ2) is 10.6. The topological polar surface area (TPSA) is 139 Å². The number of rotatable bonds is 9. The number of nitrogens with one attached hydrogen (secondary N) is 1. The number of likely N-dealkylation sites (tertiary alicyclic amines) is 1. The van der Waals surface area contributed by atoms with Crippen LogP contribution in [-0.4, -0.2) is 81.4 Å². The molecule has 2 aromatic rings. The van der Waals surface area contributed by atoms with E-state index in [4.69, 9.17) is 9.17 Å². The number of sulfone groups is 1. The molecule has 4 aliphatic rings. The highest BCUT2D eigenvalue weighted by molar-refractivity contribution is 7.92. The van der Waals surface area contributed by atoms with Crippen LogP contribution in [0.3, 0.4) is 0 Å². The fourth-order valence-corrected chi connectivity index (χ4v) is 8.73. The van der Waals surface area contributed by atoms with Crippen molar-refractivity contribution in [1.29, 1.82) is 0 Å². The summed E-state index contributed by atoms with van der Waals surface area (Å²) in [5.74, 6) is 1.29. The molecule has 3 fully saturated rings. The molecule has 2 aliphatic heterocycles. The second-order valence-corrected chi connectivity index (χ2v) is 15.7. The first kappa shape index (κ1) is 28.5. The van der Waals surface area contributed by atoms with Gasteiger partial charge in [-0.25, -0.2) is 13.4 Å². The molecule has 1 N–H and O–H groups in total. The highest BCUT2D eigenvalue weighted by Crippen LogP contribution is 2.57. The average Bonchev–Trinajstić information content (AvgIpc) is 3.49. The molecule has 2 saturated carbocycles. The summed E-state index contributed by atoms with van der Waals surface area (Å²) in [6.45, 7) is 3.48. The molecule has 0 bridgehead atoms. The van der Waals surface area contributed by atoms with Crippen LogP contribution in [-0.2, 0) is 34.3 Å². The van der Waals surface area contributed by atoms with Crippen LogP contribution in [0.2, 0.25) is 0 Å². The number of piperidine rings is 1. The molecule has 1 amide bonds. The van der Waals surface area contributed by atoms with Gasteiger partial charge in [0, 0.05) is 30.0 Å². The number of aryl methyl sites for hydroxylation is 1. The summed E-state index contributed by atoms with van der Waals surface area (Å²) < 4.78 is 54.0. The maximum absolute atomic E-state index is 13.4. The number of hydrogen-bond donors (Lipinski definition) is 1. The van der Waals surface area contributed by atoms with E-state index >= 15 is 0 Å². The lowest BCUT2D eigenvalue weighted by Gasteiger charge is -2.31. The minimum Gasteiger partial charge on any atom is -0.324 e. The van der Waals surface area contributed by atoms with E-state index in [1.807, 2.05) is 16.7 Å². The number of amides is 1. The Morgan fingerprint density at radius 2 is 1.78 bits per heavy atom. The maximum Gasteiger partial charge on any atom is 0.264 e. The van der Waals surface area contributed by atoms with Gasteiger partial charge in [0.05, 0.1) is 28.4 Å². The lowest BCUT2D eigenvalue weighted by molar-refractivity contribution is -0.120. The molecule has 3 heterocycles. The van der Waals surface area contributed by atoms with Crippen molar-refractivity contribution in [2.75, 3.05) is 42.7 Å². The standard InChI is InChI=1S/C28H37N5O6S2/c1-19-17-22(41(37,38)21-9-13-32(14-10-21)15-16-39-40(2,35)36)7-8-24(19)30-27-29-18-23-25(31-27)33(20-5-3-4-6-20)26(34)28(23)11-12-28/h7-8,17-18,20-21H,3-6,9-16H2,1-2H3,(H,29,30,31). The van der Waals surface area contributed by atoms with E-state index in [0.29, 0.717) is 44.1 Å². The molecule has 1 aromatic heterocycles. The highest BCUT2D eigenvalue weighted by Gasteiger charge is 2.61. The number of hydrogen-bond acceptors (Lipinski definition) is 10. The molecule has 0 unspecified atom stereocenters. The lowest BCUT2D eigenvalue weighted by Crippen LogP contribution is -2.40. The Hall–Kier alpha value is -2.61. The molecule has 1 spiro atoms. The van der Waals surface area contributed by atoms with Crippen molar-refractivity contribution in [3.8, 4) is 0 Å². The average molecular weight is 604 g/mol. The van der Waals surface area contributed by atoms with Crippen LogP contribution in [0.15, 0.2) is 29.3 Å². The maximum atomic E-state index is 13.4. The van der Waals surface area contributed by atoms with Gasteiger partial charge in [-0.1, -0.05) is 12.8 Å². The molecule has 41 heavy (non-hydrogen) atoms. The Labute approximate surface area is 241 Å². The summed E-state index contributed by atoms with van der Waals surface area (Å²) in [5.41, 5.74) is 1.98. The molecule has 222 valence electrons. The van der Waals surface area contributed by atoms with Crippen LogP contribution in [0.25, 0.3) is 0 Å². The zero-order chi connectivity index (χ0) is 29.0. The van der Waals surface area contributed by atoms with E-state index < -0.39 is 30.6 Å². The number of aromatic nitrogens is 2. The molecule has 2 aliphatic carbocycles. The second-order valence-electron chi connectivity index (χ2n) is 11.8. The summed E-state index contributed by atoms with van der Waals surface area (Å²) in [7, 11) is -7.02. The van der Waals surface area contributed by atoms with Crippen LogP contribution in [0.4, 0.5) is 17.5 Å². The van der Waals surface area contributed by atoms with E-state index in [9.17, 15) is 21.6 Å². The molecule has 13 heteroatoms. The third-order valence-electron chi connectivity index (χ3n) is 9.03. The van der Waals surface area contributed by atoms with Crippen LogP contribution < -0.4 is 10.2 Å². The fraction of sp³-hybridized carbons (Fsp3) is 0.607. The van der Waals surface area contributed by atoms with Gasteiger partial charge in [-0.2, -0.15) is 13.4 Å². The van der Waals surface area contributed by atoms with Gasteiger partial charge in [0.25, 0.3) is 10.1 Å². The van der Waals surface area contributed by atoms with Crippen molar-refractivity contribution in [2.24, 2.45) is 0 Å². The quantitative estimate of drug-likeness (QED) is 0.426. The first-order valence-electron chi connectivity index (χ1n) is 14.4. The molecule has 11 nitrogen and oxygen atoms in total. The lowest BCUT2D eigenvalue weighted by atomic mass is 10.0.